The second-order valence-electron chi connectivity index (χ2n) is 6.26. The SMILES string of the molecule is Cc1ccc(NC(=O)NCCc2csc3nc(-c4cccs4)nn23)cc1C. The Morgan fingerprint density at radius 2 is 2.07 bits per heavy atom. The van der Waals surface area contributed by atoms with Crippen molar-refractivity contribution >= 4 is 39.4 Å². The lowest BCUT2D eigenvalue weighted by Crippen LogP contribution is -2.30. The molecule has 2 amide bonds. The van der Waals surface area contributed by atoms with Crippen LogP contribution in [-0.4, -0.2) is 27.2 Å². The molecule has 0 spiro atoms. The van der Waals surface area contributed by atoms with Crippen molar-refractivity contribution in [2.75, 3.05) is 11.9 Å². The zero-order valence-electron chi connectivity index (χ0n) is 15.0. The normalized spacial score (nSPS) is 11.0. The van der Waals surface area contributed by atoms with Crippen LogP contribution in [0.4, 0.5) is 10.5 Å². The molecule has 0 bridgehead atoms. The van der Waals surface area contributed by atoms with E-state index < -0.39 is 0 Å². The summed E-state index contributed by atoms with van der Waals surface area (Å²) in [6.07, 6.45) is 0.688. The Morgan fingerprint density at radius 3 is 2.85 bits per heavy atom. The number of nitrogens with one attached hydrogen (secondary N) is 2. The highest BCUT2D eigenvalue weighted by molar-refractivity contribution is 7.15. The highest BCUT2D eigenvalue weighted by Crippen LogP contribution is 2.24. The zero-order chi connectivity index (χ0) is 18.8. The van der Waals surface area contributed by atoms with Crippen molar-refractivity contribution in [3.05, 3.63) is 57.9 Å². The maximum atomic E-state index is 12.1. The van der Waals surface area contributed by atoms with Crippen LogP contribution in [0.5, 0.6) is 0 Å². The lowest BCUT2D eigenvalue weighted by atomic mass is 10.1. The van der Waals surface area contributed by atoms with E-state index in [9.17, 15) is 4.79 Å². The fourth-order valence-electron chi connectivity index (χ4n) is 2.71. The van der Waals surface area contributed by atoms with Gasteiger partial charge < -0.3 is 10.6 Å². The Bertz CT molecular complexity index is 1080. The monoisotopic (exact) mass is 397 g/mol. The number of hydrogen-bond acceptors (Lipinski definition) is 5. The van der Waals surface area contributed by atoms with Gasteiger partial charge in [-0.3, -0.25) is 0 Å². The highest BCUT2D eigenvalue weighted by atomic mass is 32.1. The fraction of sp³-hybridized carbons (Fsp3) is 0.211. The molecular weight excluding hydrogens is 378 g/mol. The maximum absolute atomic E-state index is 12.1. The number of aryl methyl sites for hydroxylation is 2. The summed E-state index contributed by atoms with van der Waals surface area (Å²) in [6, 6.07) is 9.69. The molecule has 0 atom stereocenters. The maximum Gasteiger partial charge on any atom is 0.319 e. The van der Waals surface area contributed by atoms with Gasteiger partial charge in [-0.25, -0.2) is 9.31 Å². The van der Waals surface area contributed by atoms with Gasteiger partial charge in [0, 0.05) is 24.0 Å². The minimum Gasteiger partial charge on any atom is -0.337 e. The summed E-state index contributed by atoms with van der Waals surface area (Å²) < 4.78 is 1.86. The van der Waals surface area contributed by atoms with Gasteiger partial charge in [0.25, 0.3) is 0 Å². The first-order valence-corrected chi connectivity index (χ1v) is 10.4. The number of rotatable bonds is 5. The van der Waals surface area contributed by atoms with Crippen LogP contribution in [0.1, 0.15) is 16.8 Å². The summed E-state index contributed by atoms with van der Waals surface area (Å²) in [5, 5.41) is 14.4. The third kappa shape index (κ3) is 3.86. The van der Waals surface area contributed by atoms with E-state index in [0.29, 0.717) is 13.0 Å². The van der Waals surface area contributed by atoms with Gasteiger partial charge in [-0.05, 0) is 48.6 Å². The van der Waals surface area contributed by atoms with Crippen LogP contribution < -0.4 is 10.6 Å². The molecule has 1 aromatic carbocycles. The number of hydrogen-bond donors (Lipinski definition) is 2. The summed E-state index contributed by atoms with van der Waals surface area (Å²) in [6.45, 7) is 4.61. The molecule has 4 aromatic rings. The van der Waals surface area contributed by atoms with Gasteiger partial charge in [0.15, 0.2) is 5.82 Å². The summed E-state index contributed by atoms with van der Waals surface area (Å²) in [4.78, 5) is 18.6. The van der Waals surface area contributed by atoms with Gasteiger partial charge in [-0.15, -0.1) is 27.8 Å². The number of benzene rings is 1. The van der Waals surface area contributed by atoms with Crippen LogP contribution in [0.15, 0.2) is 41.1 Å². The Labute approximate surface area is 164 Å². The Morgan fingerprint density at radius 1 is 1.19 bits per heavy atom. The third-order valence-corrected chi connectivity index (χ3v) is 6.05. The number of aromatic nitrogens is 3. The van der Waals surface area contributed by atoms with Crippen molar-refractivity contribution in [2.45, 2.75) is 20.3 Å². The molecule has 3 aromatic heterocycles. The molecule has 0 saturated carbocycles. The minimum absolute atomic E-state index is 0.206. The van der Waals surface area contributed by atoms with E-state index in [0.717, 1.165) is 32.6 Å². The summed E-state index contributed by atoms with van der Waals surface area (Å²) in [5.41, 5.74) is 4.19. The molecule has 0 unspecified atom stereocenters. The Kier molecular flexibility index (Phi) is 4.91. The van der Waals surface area contributed by atoms with Gasteiger partial charge in [-0.1, -0.05) is 12.1 Å². The molecular formula is C19H19N5OS2. The predicted molar refractivity (Wildman–Crippen MR) is 111 cm³/mol. The Hall–Kier alpha value is -2.71. The molecule has 3 heterocycles. The van der Waals surface area contributed by atoms with E-state index in [4.69, 9.17) is 0 Å². The van der Waals surface area contributed by atoms with Crippen molar-refractivity contribution < 1.29 is 4.79 Å². The quantitative estimate of drug-likeness (QED) is 0.521. The molecule has 0 saturated heterocycles. The van der Waals surface area contributed by atoms with Gasteiger partial charge in [0.2, 0.25) is 4.96 Å². The predicted octanol–water partition coefficient (Wildman–Crippen LogP) is 4.50. The molecule has 8 heteroatoms. The lowest BCUT2D eigenvalue weighted by molar-refractivity contribution is 0.252. The number of thiophene rings is 1. The van der Waals surface area contributed by atoms with Crippen LogP contribution in [0.3, 0.4) is 0 Å². The molecule has 0 fully saturated rings. The lowest BCUT2D eigenvalue weighted by Gasteiger charge is -2.09. The number of urea groups is 1. The Balaban J connectivity index is 1.36. The first-order valence-electron chi connectivity index (χ1n) is 8.59. The summed E-state index contributed by atoms with van der Waals surface area (Å²) in [7, 11) is 0. The number of carbonyl (C=O) groups is 1. The number of fused-ring (bicyclic) bond motifs is 1. The molecule has 0 radical (unpaired) electrons. The van der Waals surface area contributed by atoms with E-state index in [1.54, 1.807) is 22.7 Å². The standard InChI is InChI=1S/C19H19N5OS2/c1-12-5-6-14(10-13(12)2)21-18(25)20-8-7-15-11-27-19-22-17(23-24(15)19)16-4-3-9-26-16/h3-6,9-11H,7-8H2,1-2H3,(H2,20,21,25). The third-order valence-electron chi connectivity index (χ3n) is 4.32. The van der Waals surface area contributed by atoms with Crippen molar-refractivity contribution in [1.82, 2.24) is 19.9 Å². The van der Waals surface area contributed by atoms with Crippen LogP contribution in [0.25, 0.3) is 15.7 Å². The van der Waals surface area contributed by atoms with Gasteiger partial charge in [-0.2, -0.15) is 4.98 Å². The molecule has 4 rings (SSSR count). The fourth-order valence-corrected chi connectivity index (χ4v) is 4.21. The molecule has 0 aliphatic rings. The van der Waals surface area contributed by atoms with Crippen LogP contribution in [-0.2, 0) is 6.42 Å². The smallest absolute Gasteiger partial charge is 0.319 e. The van der Waals surface area contributed by atoms with E-state index in [2.05, 4.69) is 27.6 Å². The van der Waals surface area contributed by atoms with Crippen molar-refractivity contribution in [1.29, 1.82) is 0 Å². The average molecular weight is 398 g/mol. The van der Waals surface area contributed by atoms with Crippen LogP contribution in [0.2, 0.25) is 0 Å². The van der Waals surface area contributed by atoms with Gasteiger partial charge >= 0.3 is 6.03 Å². The molecule has 2 N–H and O–H groups in total. The summed E-state index contributed by atoms with van der Waals surface area (Å²) in [5.74, 6) is 0.749. The second-order valence-corrected chi connectivity index (χ2v) is 8.05. The second kappa shape index (κ2) is 7.50. The number of thiazole rings is 1. The molecule has 0 aliphatic carbocycles. The van der Waals surface area contributed by atoms with E-state index in [1.807, 2.05) is 52.5 Å². The average Bonchev–Trinajstić information content (AvgIpc) is 3.35. The van der Waals surface area contributed by atoms with E-state index in [1.165, 1.54) is 5.56 Å². The zero-order valence-corrected chi connectivity index (χ0v) is 16.7. The first kappa shape index (κ1) is 17.7. The minimum atomic E-state index is -0.206. The largest absolute Gasteiger partial charge is 0.337 e. The number of amides is 2. The first-order chi connectivity index (χ1) is 13.1. The van der Waals surface area contributed by atoms with Crippen molar-refractivity contribution in [3.63, 3.8) is 0 Å². The van der Waals surface area contributed by atoms with Gasteiger partial charge in [0.05, 0.1) is 10.6 Å². The van der Waals surface area contributed by atoms with E-state index >= 15 is 0 Å². The van der Waals surface area contributed by atoms with Gasteiger partial charge in [0.1, 0.15) is 0 Å². The molecule has 6 nitrogen and oxygen atoms in total. The number of carbonyl (C=O) groups excluding carboxylic acids is 1. The molecule has 0 aliphatic heterocycles. The molecule has 27 heavy (non-hydrogen) atoms. The van der Waals surface area contributed by atoms with Crippen molar-refractivity contribution in [3.8, 4) is 10.7 Å². The van der Waals surface area contributed by atoms with Crippen molar-refractivity contribution in [2.24, 2.45) is 0 Å². The topological polar surface area (TPSA) is 71.3 Å². The molecule has 138 valence electrons. The van der Waals surface area contributed by atoms with Crippen LogP contribution >= 0.6 is 22.7 Å². The highest BCUT2D eigenvalue weighted by Gasteiger charge is 2.12. The van der Waals surface area contributed by atoms with E-state index in [-0.39, 0.29) is 6.03 Å². The van der Waals surface area contributed by atoms with Crippen LogP contribution in [0, 0.1) is 13.8 Å². The number of nitrogens with zero attached hydrogens (tertiary/aromatic N) is 3. The number of anilines is 1. The summed E-state index contributed by atoms with van der Waals surface area (Å²) >= 11 is 3.19.